The summed E-state index contributed by atoms with van der Waals surface area (Å²) in [5.41, 5.74) is 4.12. The number of para-hydroxylation sites is 1. The van der Waals surface area contributed by atoms with Crippen molar-refractivity contribution in [2.75, 3.05) is 0 Å². The first-order valence-electron chi connectivity index (χ1n) is 8.02. The minimum Gasteiger partial charge on any atom is -0.490 e. The topological polar surface area (TPSA) is 48.6 Å². The minimum absolute atomic E-state index is 0.00936. The summed E-state index contributed by atoms with van der Waals surface area (Å²) in [5.74, 6) is 0.858. The van der Waals surface area contributed by atoms with Gasteiger partial charge in [-0.05, 0) is 45.9 Å². The van der Waals surface area contributed by atoms with Crippen LogP contribution in [0, 0.1) is 13.8 Å². The number of aryl methyl sites for hydroxylation is 2. The summed E-state index contributed by atoms with van der Waals surface area (Å²) >= 11 is 0. The number of hydrogen-bond donors (Lipinski definition) is 0. The lowest BCUT2D eigenvalue weighted by molar-refractivity contribution is 0.0692. The van der Waals surface area contributed by atoms with E-state index in [0.29, 0.717) is 6.54 Å². The van der Waals surface area contributed by atoms with Crippen LogP contribution in [0.3, 0.4) is 0 Å². The highest BCUT2D eigenvalue weighted by Gasteiger charge is 2.25. The van der Waals surface area contributed by atoms with E-state index in [0.717, 1.165) is 34.8 Å². The number of oxime groups is 1. The van der Waals surface area contributed by atoms with Crippen LogP contribution in [-0.4, -0.2) is 27.7 Å². The molecule has 0 unspecified atom stereocenters. The molecule has 0 fully saturated rings. The fourth-order valence-corrected chi connectivity index (χ4v) is 2.80. The van der Waals surface area contributed by atoms with Crippen LogP contribution in [0.4, 0.5) is 0 Å². The monoisotopic (exact) mass is 313 g/mol. The summed E-state index contributed by atoms with van der Waals surface area (Å²) in [6.45, 7) is 8.81. The molecule has 1 aliphatic rings. The van der Waals surface area contributed by atoms with Gasteiger partial charge in [0.05, 0.1) is 24.1 Å². The summed E-state index contributed by atoms with van der Waals surface area (Å²) in [5, 5.41) is 8.77. The molecule has 2 heterocycles. The molecule has 2 aromatic rings. The van der Waals surface area contributed by atoms with Crippen molar-refractivity contribution >= 4 is 5.71 Å². The highest BCUT2D eigenvalue weighted by Crippen LogP contribution is 2.26. The number of aromatic nitrogens is 2. The Labute approximate surface area is 136 Å². The molecule has 0 aliphatic carbocycles. The van der Waals surface area contributed by atoms with Crippen molar-refractivity contribution in [3.63, 3.8) is 0 Å². The van der Waals surface area contributed by atoms with Gasteiger partial charge in [0.1, 0.15) is 5.75 Å². The Balaban J connectivity index is 1.71. The van der Waals surface area contributed by atoms with E-state index in [1.807, 2.05) is 49.7 Å². The number of ether oxygens (including phenoxy) is 1. The molecule has 0 bridgehead atoms. The highest BCUT2D eigenvalue weighted by molar-refractivity contribution is 6.03. The Morgan fingerprint density at radius 2 is 2.09 bits per heavy atom. The first-order chi connectivity index (χ1) is 11.0. The van der Waals surface area contributed by atoms with E-state index in [1.54, 1.807) is 0 Å². The molecule has 0 N–H and O–H groups in total. The molecule has 0 saturated heterocycles. The van der Waals surface area contributed by atoms with Crippen molar-refractivity contribution in [2.24, 2.45) is 5.16 Å². The maximum absolute atomic E-state index is 5.88. The van der Waals surface area contributed by atoms with E-state index >= 15 is 0 Å². The molecule has 1 aliphatic heterocycles. The number of hydrogen-bond acceptors (Lipinski definition) is 4. The molecule has 5 nitrogen and oxygen atoms in total. The quantitative estimate of drug-likeness (QED) is 0.849. The maximum atomic E-state index is 5.88. The smallest absolute Gasteiger partial charge is 0.152 e. The maximum Gasteiger partial charge on any atom is 0.152 e. The largest absolute Gasteiger partial charge is 0.490 e. The van der Waals surface area contributed by atoms with Crippen molar-refractivity contribution < 1.29 is 9.57 Å². The number of nitrogens with zero attached hydrogens (tertiary/aromatic N) is 3. The van der Waals surface area contributed by atoms with Crippen LogP contribution in [0.1, 0.15) is 37.2 Å². The molecule has 0 saturated carbocycles. The highest BCUT2D eigenvalue weighted by atomic mass is 16.6. The van der Waals surface area contributed by atoms with E-state index in [1.165, 1.54) is 0 Å². The minimum atomic E-state index is 0.00936. The van der Waals surface area contributed by atoms with Crippen molar-refractivity contribution in [3.05, 3.63) is 47.3 Å². The summed E-state index contributed by atoms with van der Waals surface area (Å²) < 4.78 is 7.86. The predicted molar refractivity (Wildman–Crippen MR) is 89.9 cm³/mol. The Morgan fingerprint density at radius 3 is 2.78 bits per heavy atom. The Morgan fingerprint density at radius 1 is 1.30 bits per heavy atom. The Bertz CT molecular complexity index is 719. The lowest BCUT2D eigenvalue weighted by Gasteiger charge is -2.13. The summed E-state index contributed by atoms with van der Waals surface area (Å²) in [6, 6.07) is 10.1. The van der Waals surface area contributed by atoms with Crippen molar-refractivity contribution in [2.45, 2.75) is 52.9 Å². The fraction of sp³-hybridized carbons (Fsp3) is 0.444. The molecule has 122 valence electrons. The predicted octanol–water partition coefficient (Wildman–Crippen LogP) is 3.48. The van der Waals surface area contributed by atoms with Crippen LogP contribution in [-0.2, 0) is 11.4 Å². The van der Waals surface area contributed by atoms with Crippen LogP contribution in [0.25, 0.3) is 0 Å². The first kappa shape index (κ1) is 15.6. The second-order valence-electron chi connectivity index (χ2n) is 6.24. The second kappa shape index (κ2) is 6.44. The van der Waals surface area contributed by atoms with Gasteiger partial charge in [0, 0.05) is 17.7 Å². The molecule has 1 aromatic carbocycles. The standard InChI is InChI=1S/C18H23N3O2/c1-12(2)22-18-8-6-5-7-16(18)17-10-15(23-20-17)11-21-14(4)9-13(3)19-21/h5-9,12,15H,10-11H2,1-4H3/t15-/m1/s1. The van der Waals surface area contributed by atoms with Crippen LogP contribution < -0.4 is 4.74 Å². The molecule has 5 heteroatoms. The lowest BCUT2D eigenvalue weighted by atomic mass is 10.0. The van der Waals surface area contributed by atoms with Gasteiger partial charge < -0.3 is 9.57 Å². The molecular weight excluding hydrogens is 290 g/mol. The van der Waals surface area contributed by atoms with E-state index in [-0.39, 0.29) is 12.2 Å². The molecular formula is C18H23N3O2. The number of benzene rings is 1. The van der Waals surface area contributed by atoms with Crippen LogP contribution in [0.2, 0.25) is 0 Å². The number of rotatable bonds is 5. The van der Waals surface area contributed by atoms with Gasteiger partial charge in [0.25, 0.3) is 0 Å². The molecule has 3 rings (SSSR count). The molecule has 1 aromatic heterocycles. The van der Waals surface area contributed by atoms with Crippen LogP contribution >= 0.6 is 0 Å². The average molecular weight is 313 g/mol. The van der Waals surface area contributed by atoms with Gasteiger partial charge in [-0.1, -0.05) is 17.3 Å². The molecule has 0 spiro atoms. The van der Waals surface area contributed by atoms with Crippen LogP contribution in [0.5, 0.6) is 5.75 Å². The molecule has 0 radical (unpaired) electrons. The molecule has 0 amide bonds. The van der Waals surface area contributed by atoms with E-state index in [4.69, 9.17) is 9.57 Å². The zero-order valence-electron chi connectivity index (χ0n) is 14.1. The van der Waals surface area contributed by atoms with E-state index in [9.17, 15) is 0 Å². The molecule has 1 atom stereocenters. The third-order valence-corrected chi connectivity index (χ3v) is 3.77. The lowest BCUT2D eigenvalue weighted by Crippen LogP contribution is -2.19. The van der Waals surface area contributed by atoms with Crippen molar-refractivity contribution in [3.8, 4) is 5.75 Å². The van der Waals surface area contributed by atoms with Gasteiger partial charge in [-0.3, -0.25) is 4.68 Å². The fourth-order valence-electron chi connectivity index (χ4n) is 2.80. The third-order valence-electron chi connectivity index (χ3n) is 3.77. The molecule has 23 heavy (non-hydrogen) atoms. The normalized spacial score (nSPS) is 17.3. The zero-order chi connectivity index (χ0) is 16.4. The third kappa shape index (κ3) is 3.55. The summed E-state index contributed by atoms with van der Waals surface area (Å²) in [6.07, 6.45) is 0.899. The van der Waals surface area contributed by atoms with Gasteiger partial charge in [0.15, 0.2) is 6.10 Å². The van der Waals surface area contributed by atoms with Gasteiger partial charge in [-0.25, -0.2) is 0 Å². The summed E-state index contributed by atoms with van der Waals surface area (Å²) in [4.78, 5) is 5.62. The van der Waals surface area contributed by atoms with E-state index < -0.39 is 0 Å². The second-order valence-corrected chi connectivity index (χ2v) is 6.24. The Kier molecular flexibility index (Phi) is 4.37. The van der Waals surface area contributed by atoms with Gasteiger partial charge >= 0.3 is 0 Å². The summed E-state index contributed by atoms with van der Waals surface area (Å²) in [7, 11) is 0. The van der Waals surface area contributed by atoms with E-state index in [2.05, 4.69) is 23.2 Å². The van der Waals surface area contributed by atoms with Gasteiger partial charge in [0.2, 0.25) is 0 Å². The van der Waals surface area contributed by atoms with Crippen molar-refractivity contribution in [1.29, 1.82) is 0 Å². The van der Waals surface area contributed by atoms with Crippen molar-refractivity contribution in [1.82, 2.24) is 9.78 Å². The zero-order valence-corrected chi connectivity index (χ0v) is 14.1. The van der Waals surface area contributed by atoms with Gasteiger partial charge in [-0.2, -0.15) is 5.10 Å². The Hall–Kier alpha value is -2.30. The first-order valence-corrected chi connectivity index (χ1v) is 8.02. The van der Waals surface area contributed by atoms with Gasteiger partial charge in [-0.15, -0.1) is 0 Å². The van der Waals surface area contributed by atoms with Crippen LogP contribution in [0.15, 0.2) is 35.5 Å². The average Bonchev–Trinajstić information content (AvgIpc) is 3.06. The SMILES string of the molecule is Cc1cc(C)n(C[C@H]2CC(c3ccccc3OC(C)C)=NO2)n1.